The second-order valence-electron chi connectivity index (χ2n) is 4.50. The summed E-state index contributed by atoms with van der Waals surface area (Å²) in [6.45, 7) is -0.492. The Labute approximate surface area is 114 Å². The monoisotopic (exact) mass is 313 g/mol. The highest BCUT2D eigenvalue weighted by atomic mass is 32.2. The van der Waals surface area contributed by atoms with E-state index in [1.165, 1.54) is 6.07 Å². The lowest BCUT2D eigenvalue weighted by molar-refractivity contribution is -0.136. The standard InChI is InChI=1S/C11H14F3NO2S2/c12-11(13,14)6-7-15(9-3-1-4-9)19(16,17)10-5-2-8-18-10/h2,5,8-9H,1,3-4,6-7H2. The summed E-state index contributed by atoms with van der Waals surface area (Å²) in [7, 11) is -3.79. The fraction of sp³-hybridized carbons (Fsp3) is 0.636. The minimum Gasteiger partial charge on any atom is -0.206 e. The van der Waals surface area contributed by atoms with Crippen LogP contribution < -0.4 is 0 Å². The van der Waals surface area contributed by atoms with Crippen LogP contribution in [0, 0.1) is 0 Å². The zero-order valence-electron chi connectivity index (χ0n) is 10.1. The highest BCUT2D eigenvalue weighted by molar-refractivity contribution is 7.91. The number of thiophene rings is 1. The summed E-state index contributed by atoms with van der Waals surface area (Å²) in [6.07, 6.45) is -3.29. The zero-order chi connectivity index (χ0) is 14.1. The van der Waals surface area contributed by atoms with Crippen molar-refractivity contribution in [1.82, 2.24) is 4.31 Å². The van der Waals surface area contributed by atoms with E-state index in [1.54, 1.807) is 11.4 Å². The third-order valence-electron chi connectivity index (χ3n) is 3.16. The molecule has 1 aromatic heterocycles. The number of hydrogen-bond donors (Lipinski definition) is 0. The minimum absolute atomic E-state index is 0.113. The van der Waals surface area contributed by atoms with Gasteiger partial charge in [0.1, 0.15) is 4.21 Å². The normalized spacial score (nSPS) is 17.7. The van der Waals surface area contributed by atoms with Crippen molar-refractivity contribution in [3.8, 4) is 0 Å². The molecular formula is C11H14F3NO2S2. The Morgan fingerprint density at radius 1 is 1.37 bits per heavy atom. The van der Waals surface area contributed by atoms with E-state index in [4.69, 9.17) is 0 Å². The molecule has 0 spiro atoms. The molecular weight excluding hydrogens is 299 g/mol. The molecule has 1 heterocycles. The molecule has 0 aromatic carbocycles. The van der Waals surface area contributed by atoms with Gasteiger partial charge < -0.3 is 0 Å². The van der Waals surface area contributed by atoms with Crippen molar-refractivity contribution in [2.75, 3.05) is 6.54 Å². The van der Waals surface area contributed by atoms with Gasteiger partial charge in [0.25, 0.3) is 10.0 Å². The van der Waals surface area contributed by atoms with E-state index in [2.05, 4.69) is 0 Å². The molecule has 0 radical (unpaired) electrons. The number of rotatable bonds is 5. The van der Waals surface area contributed by atoms with Crippen molar-refractivity contribution in [3.63, 3.8) is 0 Å². The molecule has 0 atom stereocenters. The Morgan fingerprint density at radius 2 is 2.05 bits per heavy atom. The van der Waals surface area contributed by atoms with E-state index in [-0.39, 0.29) is 10.3 Å². The summed E-state index contributed by atoms with van der Waals surface area (Å²) in [5.74, 6) is 0. The summed E-state index contributed by atoms with van der Waals surface area (Å²) in [5.41, 5.74) is 0. The molecule has 0 bridgehead atoms. The van der Waals surface area contributed by atoms with E-state index in [0.717, 1.165) is 22.1 Å². The predicted octanol–water partition coefficient (Wildman–Crippen LogP) is 3.24. The first-order chi connectivity index (χ1) is 8.81. The van der Waals surface area contributed by atoms with Gasteiger partial charge >= 0.3 is 6.18 Å². The SMILES string of the molecule is O=S(=O)(c1cccs1)N(CCC(F)(F)F)C1CCC1. The van der Waals surface area contributed by atoms with Crippen LogP contribution in [-0.4, -0.2) is 31.5 Å². The van der Waals surface area contributed by atoms with Gasteiger partial charge in [0.2, 0.25) is 0 Å². The number of alkyl halides is 3. The van der Waals surface area contributed by atoms with Crippen LogP contribution in [-0.2, 0) is 10.0 Å². The molecule has 1 saturated carbocycles. The lowest BCUT2D eigenvalue weighted by Crippen LogP contribution is -2.45. The maximum Gasteiger partial charge on any atom is 0.390 e. The van der Waals surface area contributed by atoms with Crippen molar-refractivity contribution in [3.05, 3.63) is 17.5 Å². The van der Waals surface area contributed by atoms with Crippen LogP contribution in [0.3, 0.4) is 0 Å². The third-order valence-corrected chi connectivity index (χ3v) is 6.48. The summed E-state index contributed by atoms with van der Waals surface area (Å²) in [5, 5.41) is 1.61. The minimum atomic E-state index is -4.34. The lowest BCUT2D eigenvalue weighted by Gasteiger charge is -2.36. The van der Waals surface area contributed by atoms with Gasteiger partial charge in [0.05, 0.1) is 6.42 Å². The fourth-order valence-corrected chi connectivity index (χ4v) is 4.74. The quantitative estimate of drug-likeness (QED) is 0.837. The van der Waals surface area contributed by atoms with Crippen molar-refractivity contribution >= 4 is 21.4 Å². The van der Waals surface area contributed by atoms with Crippen molar-refractivity contribution < 1.29 is 21.6 Å². The maximum atomic E-state index is 12.3. The van der Waals surface area contributed by atoms with Crippen LogP contribution in [0.1, 0.15) is 25.7 Å². The van der Waals surface area contributed by atoms with Crippen molar-refractivity contribution in [2.45, 2.75) is 42.1 Å². The first-order valence-electron chi connectivity index (χ1n) is 5.93. The van der Waals surface area contributed by atoms with Crippen molar-refractivity contribution in [1.29, 1.82) is 0 Å². The zero-order valence-corrected chi connectivity index (χ0v) is 11.7. The van der Waals surface area contributed by atoms with Gasteiger partial charge in [-0.1, -0.05) is 12.5 Å². The molecule has 3 nitrogen and oxygen atoms in total. The van der Waals surface area contributed by atoms with E-state index in [9.17, 15) is 21.6 Å². The van der Waals surface area contributed by atoms with Crippen LogP contribution in [0.2, 0.25) is 0 Å². The first-order valence-corrected chi connectivity index (χ1v) is 8.25. The smallest absolute Gasteiger partial charge is 0.206 e. The third kappa shape index (κ3) is 3.49. The molecule has 0 saturated heterocycles. The van der Waals surface area contributed by atoms with Gasteiger partial charge in [-0.25, -0.2) is 8.42 Å². The summed E-state index contributed by atoms with van der Waals surface area (Å²) in [6, 6.07) is 2.73. The Hall–Kier alpha value is -0.600. The topological polar surface area (TPSA) is 37.4 Å². The van der Waals surface area contributed by atoms with Crippen molar-refractivity contribution in [2.24, 2.45) is 0 Å². The Kier molecular flexibility index (Phi) is 4.22. The molecule has 108 valence electrons. The molecule has 1 aromatic rings. The average molecular weight is 313 g/mol. The van der Waals surface area contributed by atoms with Gasteiger partial charge in [-0.3, -0.25) is 0 Å². The Balaban J connectivity index is 2.18. The molecule has 0 N–H and O–H groups in total. The molecule has 0 amide bonds. The number of hydrogen-bond acceptors (Lipinski definition) is 3. The Bertz CT molecular complexity index is 507. The fourth-order valence-electron chi connectivity index (χ4n) is 1.94. The number of sulfonamides is 1. The predicted molar refractivity (Wildman–Crippen MR) is 66.5 cm³/mol. The van der Waals surface area contributed by atoms with E-state index in [0.29, 0.717) is 12.8 Å². The van der Waals surface area contributed by atoms with Crippen LogP contribution >= 0.6 is 11.3 Å². The van der Waals surface area contributed by atoms with Gasteiger partial charge in [0, 0.05) is 12.6 Å². The van der Waals surface area contributed by atoms with Crippen LogP contribution in [0.4, 0.5) is 13.2 Å². The highest BCUT2D eigenvalue weighted by Crippen LogP contribution is 2.33. The van der Waals surface area contributed by atoms with Gasteiger partial charge in [-0.15, -0.1) is 11.3 Å². The van der Waals surface area contributed by atoms with E-state index >= 15 is 0 Å². The molecule has 1 fully saturated rings. The largest absolute Gasteiger partial charge is 0.390 e. The second kappa shape index (κ2) is 5.41. The average Bonchev–Trinajstić information content (AvgIpc) is 2.73. The summed E-state index contributed by atoms with van der Waals surface area (Å²) in [4.78, 5) is 0. The van der Waals surface area contributed by atoms with Crippen LogP contribution in [0.15, 0.2) is 21.7 Å². The van der Waals surface area contributed by atoms with Crippen LogP contribution in [0.5, 0.6) is 0 Å². The maximum absolute atomic E-state index is 12.3. The summed E-state index contributed by atoms with van der Waals surface area (Å²) < 4.78 is 62.7. The van der Waals surface area contributed by atoms with E-state index in [1.807, 2.05) is 0 Å². The Morgan fingerprint density at radius 3 is 2.47 bits per heavy atom. The number of halogens is 3. The van der Waals surface area contributed by atoms with Gasteiger partial charge in [-0.05, 0) is 24.3 Å². The molecule has 1 aliphatic rings. The first kappa shape index (κ1) is 14.8. The molecule has 8 heteroatoms. The highest BCUT2D eigenvalue weighted by Gasteiger charge is 2.38. The van der Waals surface area contributed by atoms with E-state index < -0.39 is 29.2 Å². The second-order valence-corrected chi connectivity index (χ2v) is 7.56. The number of nitrogens with zero attached hydrogens (tertiary/aromatic N) is 1. The van der Waals surface area contributed by atoms with Crippen LogP contribution in [0.25, 0.3) is 0 Å². The summed E-state index contributed by atoms with van der Waals surface area (Å²) >= 11 is 1.03. The molecule has 2 rings (SSSR count). The molecule has 19 heavy (non-hydrogen) atoms. The lowest BCUT2D eigenvalue weighted by atomic mass is 9.93. The molecule has 0 unspecified atom stereocenters. The van der Waals surface area contributed by atoms with Gasteiger partial charge in [-0.2, -0.15) is 17.5 Å². The molecule has 0 aliphatic heterocycles. The molecule has 1 aliphatic carbocycles. The van der Waals surface area contributed by atoms with Gasteiger partial charge in [0.15, 0.2) is 0 Å².